The van der Waals surface area contributed by atoms with Crippen molar-refractivity contribution >= 4 is 52.3 Å². The lowest BCUT2D eigenvalue weighted by Crippen LogP contribution is -2.50. The number of hydrogen-bond donors (Lipinski definition) is 2. The third-order valence-corrected chi connectivity index (χ3v) is 5.56. The summed E-state index contributed by atoms with van der Waals surface area (Å²) in [6.45, 7) is 1.35. The first-order chi connectivity index (χ1) is 12.6. The molecular formula is C19H19Cl2F2N3OS. The zero-order chi connectivity index (χ0) is 18.1. The molecule has 2 N–H and O–H groups in total. The van der Waals surface area contributed by atoms with Crippen LogP contribution < -0.4 is 10.6 Å². The molecule has 1 aromatic heterocycles. The van der Waals surface area contributed by atoms with Crippen LogP contribution in [0.5, 0.6) is 0 Å². The molecule has 9 heteroatoms. The van der Waals surface area contributed by atoms with Crippen LogP contribution in [0, 0.1) is 11.6 Å². The number of halogens is 4. The molecule has 1 amide bonds. The van der Waals surface area contributed by atoms with E-state index in [-0.39, 0.29) is 42.7 Å². The van der Waals surface area contributed by atoms with Crippen molar-refractivity contribution < 1.29 is 13.6 Å². The minimum atomic E-state index is -0.860. The maximum Gasteiger partial charge on any atom is 0.251 e. The average molecular weight is 446 g/mol. The van der Waals surface area contributed by atoms with Crippen molar-refractivity contribution in [3.05, 3.63) is 64.7 Å². The third-order valence-electron chi connectivity index (χ3n) is 4.76. The van der Waals surface area contributed by atoms with Crippen LogP contribution in [-0.2, 0) is 0 Å². The van der Waals surface area contributed by atoms with Gasteiger partial charge in [0.25, 0.3) is 5.91 Å². The minimum absolute atomic E-state index is 0. The van der Waals surface area contributed by atoms with E-state index < -0.39 is 11.6 Å². The number of nitrogens with one attached hydrogen (secondary N) is 2. The Labute approximate surface area is 177 Å². The predicted octanol–water partition coefficient (Wildman–Crippen LogP) is 4.29. The number of carbonyl (C=O) groups excluding carboxylic acids is 1. The standard InChI is InChI=1S/C19H17F2N3OS.2ClH/c20-14-3-1-11(7-15(14)21)13-5-6-22-9-17(13)24-19(25)12-2-4-16-18(8-12)26-10-23-16;;/h1-4,7-8,10,13,17,22H,5-6,9H2,(H,24,25);2*1H. The fourth-order valence-electron chi connectivity index (χ4n) is 3.40. The molecule has 4 rings (SSSR count). The maximum absolute atomic E-state index is 13.6. The van der Waals surface area contributed by atoms with Crippen molar-refractivity contribution in [3.63, 3.8) is 0 Å². The Balaban J connectivity index is 0.00000140. The molecule has 2 unspecified atom stereocenters. The van der Waals surface area contributed by atoms with E-state index in [1.807, 2.05) is 12.1 Å². The highest BCUT2D eigenvalue weighted by atomic mass is 35.5. The third kappa shape index (κ3) is 4.60. The Hall–Kier alpha value is -1.80. The van der Waals surface area contributed by atoms with Crippen LogP contribution in [0.4, 0.5) is 8.78 Å². The fraction of sp³-hybridized carbons (Fsp3) is 0.263. The fourth-order valence-corrected chi connectivity index (χ4v) is 4.12. The second-order valence-corrected chi connectivity index (χ2v) is 7.27. The van der Waals surface area contributed by atoms with E-state index in [1.165, 1.54) is 17.4 Å². The first-order valence-corrected chi connectivity index (χ1v) is 9.29. The number of aromatic nitrogens is 1. The first kappa shape index (κ1) is 22.5. The number of rotatable bonds is 3. The van der Waals surface area contributed by atoms with E-state index in [1.54, 1.807) is 17.6 Å². The van der Waals surface area contributed by atoms with Crippen LogP contribution in [0.1, 0.15) is 28.3 Å². The quantitative estimate of drug-likeness (QED) is 0.631. The van der Waals surface area contributed by atoms with Gasteiger partial charge in [-0.1, -0.05) is 6.07 Å². The van der Waals surface area contributed by atoms with E-state index in [0.717, 1.165) is 29.2 Å². The van der Waals surface area contributed by atoms with Crippen LogP contribution in [0.25, 0.3) is 10.2 Å². The number of carbonyl (C=O) groups is 1. The topological polar surface area (TPSA) is 54.0 Å². The summed E-state index contributed by atoms with van der Waals surface area (Å²) in [5, 5.41) is 6.29. The van der Waals surface area contributed by atoms with Gasteiger partial charge in [0, 0.05) is 24.1 Å². The number of fused-ring (bicyclic) bond motifs is 1. The number of amides is 1. The summed E-state index contributed by atoms with van der Waals surface area (Å²) in [6.07, 6.45) is 0.740. The van der Waals surface area contributed by atoms with E-state index in [2.05, 4.69) is 15.6 Å². The van der Waals surface area contributed by atoms with Crippen LogP contribution in [0.2, 0.25) is 0 Å². The molecule has 0 spiro atoms. The van der Waals surface area contributed by atoms with E-state index >= 15 is 0 Å². The molecule has 4 nitrogen and oxygen atoms in total. The molecule has 3 aromatic rings. The van der Waals surface area contributed by atoms with Gasteiger partial charge < -0.3 is 10.6 Å². The van der Waals surface area contributed by atoms with Gasteiger partial charge in [-0.15, -0.1) is 36.2 Å². The molecule has 28 heavy (non-hydrogen) atoms. The van der Waals surface area contributed by atoms with Crippen LogP contribution >= 0.6 is 36.2 Å². The summed E-state index contributed by atoms with van der Waals surface area (Å²) in [6, 6.07) is 9.17. The van der Waals surface area contributed by atoms with Crippen molar-refractivity contribution in [1.82, 2.24) is 15.6 Å². The summed E-state index contributed by atoms with van der Waals surface area (Å²) in [5.74, 6) is -1.97. The molecule has 2 aromatic carbocycles. The van der Waals surface area contributed by atoms with Gasteiger partial charge in [-0.05, 0) is 48.9 Å². The van der Waals surface area contributed by atoms with Crippen molar-refractivity contribution in [2.75, 3.05) is 13.1 Å². The summed E-state index contributed by atoms with van der Waals surface area (Å²) in [7, 11) is 0. The second-order valence-electron chi connectivity index (χ2n) is 6.39. The first-order valence-electron chi connectivity index (χ1n) is 8.41. The Kier molecular flexibility index (Phi) is 7.71. The lowest BCUT2D eigenvalue weighted by atomic mass is 9.85. The van der Waals surface area contributed by atoms with Crippen molar-refractivity contribution in [2.24, 2.45) is 0 Å². The Morgan fingerprint density at radius 1 is 1.14 bits per heavy atom. The van der Waals surface area contributed by atoms with Gasteiger partial charge in [-0.25, -0.2) is 13.8 Å². The van der Waals surface area contributed by atoms with Crippen molar-refractivity contribution in [2.45, 2.75) is 18.4 Å². The monoisotopic (exact) mass is 445 g/mol. The highest BCUT2D eigenvalue weighted by Crippen LogP contribution is 2.27. The molecule has 0 radical (unpaired) electrons. The molecular weight excluding hydrogens is 427 g/mol. The van der Waals surface area contributed by atoms with Gasteiger partial charge in [-0.3, -0.25) is 4.79 Å². The molecule has 1 saturated heterocycles. The van der Waals surface area contributed by atoms with Gasteiger partial charge in [-0.2, -0.15) is 0 Å². The van der Waals surface area contributed by atoms with E-state index in [0.29, 0.717) is 17.7 Å². The maximum atomic E-state index is 13.6. The number of nitrogens with zero attached hydrogens (tertiary/aromatic N) is 1. The van der Waals surface area contributed by atoms with E-state index in [4.69, 9.17) is 0 Å². The normalized spacial score (nSPS) is 18.8. The van der Waals surface area contributed by atoms with Gasteiger partial charge in [0.2, 0.25) is 0 Å². The number of hydrogen-bond acceptors (Lipinski definition) is 4. The van der Waals surface area contributed by atoms with Gasteiger partial charge in [0.15, 0.2) is 11.6 Å². The van der Waals surface area contributed by atoms with Crippen molar-refractivity contribution in [1.29, 1.82) is 0 Å². The van der Waals surface area contributed by atoms with Gasteiger partial charge in [0.1, 0.15) is 0 Å². The Morgan fingerprint density at radius 3 is 2.75 bits per heavy atom. The number of piperidine rings is 1. The van der Waals surface area contributed by atoms with E-state index in [9.17, 15) is 13.6 Å². The molecule has 2 heterocycles. The molecule has 150 valence electrons. The minimum Gasteiger partial charge on any atom is -0.347 e. The highest BCUT2D eigenvalue weighted by molar-refractivity contribution is 7.16. The van der Waals surface area contributed by atoms with Crippen LogP contribution in [0.15, 0.2) is 41.9 Å². The molecule has 0 bridgehead atoms. The largest absolute Gasteiger partial charge is 0.347 e. The molecule has 0 aliphatic carbocycles. The molecule has 1 aliphatic heterocycles. The highest BCUT2D eigenvalue weighted by Gasteiger charge is 2.28. The smallest absolute Gasteiger partial charge is 0.251 e. The Bertz CT molecular complexity index is 969. The van der Waals surface area contributed by atoms with Crippen LogP contribution in [0.3, 0.4) is 0 Å². The SMILES string of the molecule is Cl.Cl.O=C(NC1CNCCC1c1ccc(F)c(F)c1)c1ccc2ncsc2c1. The van der Waals surface area contributed by atoms with Crippen molar-refractivity contribution in [3.8, 4) is 0 Å². The zero-order valence-electron chi connectivity index (χ0n) is 14.7. The zero-order valence-corrected chi connectivity index (χ0v) is 17.1. The predicted molar refractivity (Wildman–Crippen MR) is 112 cm³/mol. The summed E-state index contributed by atoms with van der Waals surface area (Å²) >= 11 is 1.48. The summed E-state index contributed by atoms with van der Waals surface area (Å²) in [5.41, 5.74) is 3.88. The molecule has 2 atom stereocenters. The summed E-state index contributed by atoms with van der Waals surface area (Å²) in [4.78, 5) is 16.9. The molecule has 0 saturated carbocycles. The summed E-state index contributed by atoms with van der Waals surface area (Å²) < 4.78 is 27.8. The lowest BCUT2D eigenvalue weighted by Gasteiger charge is -2.33. The number of benzene rings is 2. The number of thiazole rings is 1. The lowest BCUT2D eigenvalue weighted by molar-refractivity contribution is 0.0924. The molecule has 1 fully saturated rings. The van der Waals surface area contributed by atoms with Crippen LogP contribution in [-0.4, -0.2) is 30.0 Å². The second kappa shape index (κ2) is 9.60. The van der Waals surface area contributed by atoms with Gasteiger partial charge in [0.05, 0.1) is 15.7 Å². The average Bonchev–Trinajstić information content (AvgIpc) is 3.12. The molecule has 1 aliphatic rings. The Morgan fingerprint density at radius 2 is 1.96 bits per heavy atom. The van der Waals surface area contributed by atoms with Gasteiger partial charge >= 0.3 is 0 Å².